The van der Waals surface area contributed by atoms with Crippen LogP contribution in [0.2, 0.25) is 0 Å². The molecule has 0 bridgehead atoms. The number of hydrogen-bond acceptors (Lipinski definition) is 7. The molecule has 1 aliphatic heterocycles. The summed E-state index contributed by atoms with van der Waals surface area (Å²) in [5, 5.41) is 5.33. The van der Waals surface area contributed by atoms with Crippen LogP contribution in [0, 0.1) is 0 Å². The number of methoxy groups -OCH3 is 2. The first-order valence-electron chi connectivity index (χ1n) is 9.21. The number of amides is 2. The number of esters is 1. The van der Waals surface area contributed by atoms with E-state index in [2.05, 4.69) is 10.6 Å². The van der Waals surface area contributed by atoms with Gasteiger partial charge in [-0.3, -0.25) is 9.59 Å². The third-order valence-electron chi connectivity index (χ3n) is 4.37. The molecule has 2 aromatic rings. The summed E-state index contributed by atoms with van der Waals surface area (Å²) in [4.78, 5) is 35.4. The van der Waals surface area contributed by atoms with E-state index < -0.39 is 18.5 Å². The topological polar surface area (TPSA) is 112 Å². The molecular weight excluding hydrogens is 392 g/mol. The van der Waals surface area contributed by atoms with Gasteiger partial charge in [0.05, 0.1) is 25.5 Å². The SMILES string of the molecule is COc1ccc(CCNC(=O)COC(=O)c2ccc3c(c2)OCC(=O)N3)cc1OC. The van der Waals surface area contributed by atoms with Crippen LogP contribution in [-0.2, 0) is 20.7 Å². The van der Waals surface area contributed by atoms with Gasteiger partial charge in [-0.2, -0.15) is 0 Å². The van der Waals surface area contributed by atoms with Crippen LogP contribution in [0.1, 0.15) is 15.9 Å². The van der Waals surface area contributed by atoms with Crippen LogP contribution in [0.15, 0.2) is 36.4 Å². The number of carbonyl (C=O) groups is 3. The van der Waals surface area contributed by atoms with Gasteiger partial charge in [-0.25, -0.2) is 4.79 Å². The zero-order valence-electron chi connectivity index (χ0n) is 16.7. The molecule has 0 unspecified atom stereocenters. The van der Waals surface area contributed by atoms with E-state index in [0.717, 1.165) is 5.56 Å². The fourth-order valence-electron chi connectivity index (χ4n) is 2.85. The molecule has 0 atom stereocenters. The highest BCUT2D eigenvalue weighted by atomic mass is 16.5. The quantitative estimate of drug-likeness (QED) is 0.630. The largest absolute Gasteiger partial charge is 0.493 e. The van der Waals surface area contributed by atoms with E-state index in [1.807, 2.05) is 12.1 Å². The van der Waals surface area contributed by atoms with E-state index in [-0.39, 0.29) is 18.1 Å². The van der Waals surface area contributed by atoms with Crippen molar-refractivity contribution in [1.29, 1.82) is 0 Å². The summed E-state index contributed by atoms with van der Waals surface area (Å²) >= 11 is 0. The minimum atomic E-state index is -0.659. The van der Waals surface area contributed by atoms with E-state index in [9.17, 15) is 14.4 Å². The number of benzene rings is 2. The molecule has 0 saturated carbocycles. The molecular formula is C21H22N2O7. The van der Waals surface area contributed by atoms with Crippen LogP contribution in [-0.4, -0.2) is 51.8 Å². The number of nitrogens with one attached hydrogen (secondary N) is 2. The average molecular weight is 414 g/mol. The van der Waals surface area contributed by atoms with E-state index >= 15 is 0 Å². The van der Waals surface area contributed by atoms with Crippen molar-refractivity contribution in [2.75, 3.05) is 39.3 Å². The summed E-state index contributed by atoms with van der Waals surface area (Å²) in [5.41, 5.74) is 1.67. The van der Waals surface area contributed by atoms with Crippen LogP contribution in [0.5, 0.6) is 17.2 Å². The smallest absolute Gasteiger partial charge is 0.338 e. The van der Waals surface area contributed by atoms with Crippen LogP contribution in [0.25, 0.3) is 0 Å². The van der Waals surface area contributed by atoms with Gasteiger partial charge in [0.15, 0.2) is 24.7 Å². The fraction of sp³-hybridized carbons (Fsp3) is 0.286. The van der Waals surface area contributed by atoms with Gasteiger partial charge in [0.2, 0.25) is 0 Å². The Morgan fingerprint density at radius 3 is 2.67 bits per heavy atom. The summed E-state index contributed by atoms with van der Waals surface area (Å²) in [6, 6.07) is 10.0. The molecule has 3 rings (SSSR count). The van der Waals surface area contributed by atoms with Gasteiger partial charge in [0.25, 0.3) is 11.8 Å². The molecule has 2 N–H and O–H groups in total. The Morgan fingerprint density at radius 1 is 1.10 bits per heavy atom. The monoisotopic (exact) mass is 414 g/mol. The molecule has 0 aromatic heterocycles. The number of carbonyl (C=O) groups excluding carboxylic acids is 3. The van der Waals surface area contributed by atoms with Crippen molar-refractivity contribution in [3.63, 3.8) is 0 Å². The molecule has 30 heavy (non-hydrogen) atoms. The Labute approximate surface area is 173 Å². The zero-order chi connectivity index (χ0) is 21.5. The Morgan fingerprint density at radius 2 is 1.90 bits per heavy atom. The molecule has 1 aliphatic rings. The zero-order valence-corrected chi connectivity index (χ0v) is 16.7. The molecule has 9 nitrogen and oxygen atoms in total. The van der Waals surface area contributed by atoms with Crippen molar-refractivity contribution in [3.8, 4) is 17.2 Å². The normalized spacial score (nSPS) is 12.1. The Balaban J connectivity index is 1.44. The van der Waals surface area contributed by atoms with Gasteiger partial charge < -0.3 is 29.6 Å². The molecule has 9 heteroatoms. The fourth-order valence-corrected chi connectivity index (χ4v) is 2.85. The number of fused-ring (bicyclic) bond motifs is 1. The number of hydrogen-bond donors (Lipinski definition) is 2. The van der Waals surface area contributed by atoms with Gasteiger partial charge in [0, 0.05) is 6.54 Å². The maximum absolute atomic E-state index is 12.2. The molecule has 158 valence electrons. The Kier molecular flexibility index (Phi) is 6.74. The van der Waals surface area contributed by atoms with Crippen molar-refractivity contribution in [3.05, 3.63) is 47.5 Å². The minimum Gasteiger partial charge on any atom is -0.493 e. The maximum atomic E-state index is 12.2. The lowest BCUT2D eigenvalue weighted by atomic mass is 10.1. The highest BCUT2D eigenvalue weighted by molar-refractivity contribution is 5.97. The third-order valence-corrected chi connectivity index (χ3v) is 4.37. The lowest BCUT2D eigenvalue weighted by Crippen LogP contribution is -2.30. The van der Waals surface area contributed by atoms with E-state index in [4.69, 9.17) is 18.9 Å². The maximum Gasteiger partial charge on any atom is 0.338 e. The Hall–Kier alpha value is -3.75. The first kappa shape index (κ1) is 21.0. The van der Waals surface area contributed by atoms with Crippen LogP contribution in [0.3, 0.4) is 0 Å². The van der Waals surface area contributed by atoms with Gasteiger partial charge in [-0.15, -0.1) is 0 Å². The highest BCUT2D eigenvalue weighted by Gasteiger charge is 2.19. The van der Waals surface area contributed by atoms with Gasteiger partial charge in [0.1, 0.15) is 5.75 Å². The van der Waals surface area contributed by atoms with Crippen LogP contribution < -0.4 is 24.8 Å². The Bertz CT molecular complexity index is 958. The van der Waals surface area contributed by atoms with Crippen molar-refractivity contribution < 1.29 is 33.3 Å². The van der Waals surface area contributed by atoms with Crippen molar-refractivity contribution in [2.24, 2.45) is 0 Å². The minimum absolute atomic E-state index is 0.117. The highest BCUT2D eigenvalue weighted by Crippen LogP contribution is 2.29. The molecule has 0 radical (unpaired) electrons. The summed E-state index contributed by atoms with van der Waals surface area (Å²) in [6.07, 6.45) is 0.577. The molecule has 2 aromatic carbocycles. The molecule has 0 spiro atoms. The average Bonchev–Trinajstić information content (AvgIpc) is 2.76. The van der Waals surface area contributed by atoms with Crippen molar-refractivity contribution in [1.82, 2.24) is 5.32 Å². The lowest BCUT2D eigenvalue weighted by Gasteiger charge is -2.18. The summed E-state index contributed by atoms with van der Waals surface area (Å²) in [7, 11) is 3.12. The van der Waals surface area contributed by atoms with Gasteiger partial charge in [-0.05, 0) is 42.3 Å². The van der Waals surface area contributed by atoms with E-state index in [0.29, 0.717) is 35.9 Å². The first-order chi connectivity index (χ1) is 14.5. The summed E-state index contributed by atoms with van der Waals surface area (Å²) in [5.74, 6) is 0.292. The van der Waals surface area contributed by atoms with E-state index in [1.54, 1.807) is 26.4 Å². The molecule has 1 heterocycles. The molecule has 0 fully saturated rings. The number of anilines is 1. The van der Waals surface area contributed by atoms with Crippen molar-refractivity contribution >= 4 is 23.5 Å². The van der Waals surface area contributed by atoms with Crippen molar-refractivity contribution in [2.45, 2.75) is 6.42 Å². The standard InChI is InChI=1S/C21H22N2O7/c1-27-16-6-3-13(9-18(16)28-2)7-8-22-19(24)11-30-21(26)14-4-5-15-17(10-14)29-12-20(25)23-15/h3-6,9-10H,7-8,11-12H2,1-2H3,(H,22,24)(H,23,25). The molecule has 2 amide bonds. The first-order valence-corrected chi connectivity index (χ1v) is 9.21. The number of rotatable bonds is 8. The van der Waals surface area contributed by atoms with E-state index in [1.165, 1.54) is 12.1 Å². The molecule has 0 aliphatic carbocycles. The third kappa shape index (κ3) is 5.19. The van der Waals surface area contributed by atoms with Gasteiger partial charge >= 0.3 is 5.97 Å². The number of ether oxygens (including phenoxy) is 4. The summed E-state index contributed by atoms with van der Waals surface area (Å²) in [6.45, 7) is -0.147. The van der Waals surface area contributed by atoms with Crippen LogP contribution in [0.4, 0.5) is 5.69 Å². The second kappa shape index (κ2) is 9.64. The predicted octanol–water partition coefficient (Wildman–Crippen LogP) is 1.55. The van der Waals surface area contributed by atoms with Crippen LogP contribution >= 0.6 is 0 Å². The second-order valence-electron chi connectivity index (χ2n) is 6.41. The lowest BCUT2D eigenvalue weighted by molar-refractivity contribution is -0.124. The van der Waals surface area contributed by atoms with Gasteiger partial charge in [-0.1, -0.05) is 6.07 Å². The predicted molar refractivity (Wildman–Crippen MR) is 107 cm³/mol. The second-order valence-corrected chi connectivity index (χ2v) is 6.41. The molecule has 0 saturated heterocycles. The summed E-state index contributed by atoms with van der Waals surface area (Å²) < 4.78 is 20.7.